The molecule has 0 aliphatic heterocycles. The standard InChI is InChI=1S/C15H21N3S/c1-15(2,3)8-11-17-13(16-4)12-9-6-5-7-10(9)19-14(12)18-11/h5-8H2,1-4H3,(H,16,17,18). The second kappa shape index (κ2) is 4.44. The second-order valence-electron chi connectivity index (χ2n) is 6.51. The molecule has 0 bridgehead atoms. The number of aromatic nitrogens is 2. The lowest BCUT2D eigenvalue weighted by Crippen LogP contribution is -2.12. The Balaban J connectivity index is 2.14. The monoisotopic (exact) mass is 275 g/mol. The first-order valence-corrected chi connectivity index (χ1v) is 7.78. The number of nitrogens with one attached hydrogen (secondary N) is 1. The normalized spacial score (nSPS) is 14.9. The van der Waals surface area contributed by atoms with Gasteiger partial charge in [0.2, 0.25) is 0 Å². The topological polar surface area (TPSA) is 37.8 Å². The van der Waals surface area contributed by atoms with Crippen LogP contribution in [-0.4, -0.2) is 17.0 Å². The van der Waals surface area contributed by atoms with E-state index in [1.54, 1.807) is 0 Å². The molecular formula is C15H21N3S. The first-order chi connectivity index (χ1) is 8.98. The summed E-state index contributed by atoms with van der Waals surface area (Å²) in [6.45, 7) is 6.69. The van der Waals surface area contributed by atoms with Crippen molar-refractivity contribution in [2.24, 2.45) is 5.41 Å². The highest BCUT2D eigenvalue weighted by molar-refractivity contribution is 7.19. The molecule has 0 spiro atoms. The first-order valence-electron chi connectivity index (χ1n) is 6.97. The number of hydrogen-bond donors (Lipinski definition) is 1. The molecule has 0 saturated heterocycles. The molecule has 0 saturated carbocycles. The summed E-state index contributed by atoms with van der Waals surface area (Å²) >= 11 is 1.86. The van der Waals surface area contributed by atoms with Crippen LogP contribution in [0.1, 0.15) is 43.5 Å². The Hall–Kier alpha value is -1.16. The number of anilines is 1. The Morgan fingerprint density at radius 3 is 2.68 bits per heavy atom. The zero-order valence-electron chi connectivity index (χ0n) is 12.1. The van der Waals surface area contributed by atoms with Crippen molar-refractivity contribution in [3.05, 3.63) is 16.3 Å². The smallest absolute Gasteiger partial charge is 0.138 e. The molecule has 3 nitrogen and oxygen atoms in total. The minimum atomic E-state index is 0.221. The van der Waals surface area contributed by atoms with Crippen LogP contribution in [0.3, 0.4) is 0 Å². The van der Waals surface area contributed by atoms with E-state index in [-0.39, 0.29) is 5.41 Å². The highest BCUT2D eigenvalue weighted by atomic mass is 32.1. The minimum Gasteiger partial charge on any atom is -0.372 e. The predicted molar refractivity (Wildman–Crippen MR) is 82.1 cm³/mol. The maximum Gasteiger partial charge on any atom is 0.138 e. The average molecular weight is 275 g/mol. The fourth-order valence-electron chi connectivity index (χ4n) is 2.77. The van der Waals surface area contributed by atoms with Crippen molar-refractivity contribution in [3.63, 3.8) is 0 Å². The van der Waals surface area contributed by atoms with Gasteiger partial charge in [0.15, 0.2) is 0 Å². The zero-order chi connectivity index (χ0) is 13.6. The second-order valence-corrected chi connectivity index (χ2v) is 7.60. The molecule has 0 radical (unpaired) electrons. The molecule has 1 aliphatic carbocycles. The summed E-state index contributed by atoms with van der Waals surface area (Å²) < 4.78 is 0. The van der Waals surface area contributed by atoms with Crippen LogP contribution in [0.5, 0.6) is 0 Å². The zero-order valence-corrected chi connectivity index (χ0v) is 12.9. The highest BCUT2D eigenvalue weighted by Crippen LogP contribution is 2.39. The molecule has 3 rings (SSSR count). The maximum absolute atomic E-state index is 4.80. The molecule has 2 aromatic rings. The van der Waals surface area contributed by atoms with Crippen LogP contribution < -0.4 is 5.32 Å². The van der Waals surface area contributed by atoms with E-state index in [1.165, 1.54) is 39.9 Å². The number of fused-ring (bicyclic) bond motifs is 3. The Kier molecular flexibility index (Phi) is 3.01. The van der Waals surface area contributed by atoms with Gasteiger partial charge in [-0.25, -0.2) is 9.97 Å². The largest absolute Gasteiger partial charge is 0.372 e. The number of thiophene rings is 1. The third-order valence-corrected chi connectivity index (χ3v) is 4.72. The molecule has 0 aromatic carbocycles. The van der Waals surface area contributed by atoms with E-state index in [4.69, 9.17) is 9.97 Å². The third kappa shape index (κ3) is 2.34. The van der Waals surface area contributed by atoms with Gasteiger partial charge in [0.25, 0.3) is 0 Å². The SMILES string of the molecule is CNc1nc(CC(C)(C)C)nc2sc3c(c12)CCC3. The summed E-state index contributed by atoms with van der Waals surface area (Å²) in [6, 6.07) is 0. The molecule has 0 fully saturated rings. The Morgan fingerprint density at radius 2 is 2.00 bits per heavy atom. The van der Waals surface area contributed by atoms with Gasteiger partial charge in [-0.2, -0.15) is 0 Å². The molecule has 1 N–H and O–H groups in total. The summed E-state index contributed by atoms with van der Waals surface area (Å²) in [6.07, 6.45) is 4.60. The highest BCUT2D eigenvalue weighted by Gasteiger charge is 2.23. The van der Waals surface area contributed by atoms with E-state index in [2.05, 4.69) is 26.1 Å². The maximum atomic E-state index is 4.80. The van der Waals surface area contributed by atoms with Crippen molar-refractivity contribution >= 4 is 27.4 Å². The van der Waals surface area contributed by atoms with Crippen LogP contribution >= 0.6 is 11.3 Å². The van der Waals surface area contributed by atoms with Gasteiger partial charge >= 0.3 is 0 Å². The van der Waals surface area contributed by atoms with Crippen LogP contribution in [-0.2, 0) is 19.3 Å². The van der Waals surface area contributed by atoms with Gasteiger partial charge in [-0.3, -0.25) is 0 Å². The molecule has 1 aliphatic rings. The molecule has 2 aromatic heterocycles. The van der Waals surface area contributed by atoms with Gasteiger partial charge in [-0.05, 0) is 30.2 Å². The Labute approximate surface area is 118 Å². The van der Waals surface area contributed by atoms with Gasteiger partial charge < -0.3 is 5.32 Å². The van der Waals surface area contributed by atoms with E-state index < -0.39 is 0 Å². The quantitative estimate of drug-likeness (QED) is 0.905. The molecule has 102 valence electrons. The van der Waals surface area contributed by atoms with Crippen molar-refractivity contribution in [3.8, 4) is 0 Å². The number of hydrogen-bond acceptors (Lipinski definition) is 4. The first kappa shape index (κ1) is 12.9. The minimum absolute atomic E-state index is 0.221. The van der Waals surface area contributed by atoms with Crippen molar-refractivity contribution in [2.75, 3.05) is 12.4 Å². The predicted octanol–water partition coefficient (Wildman–Crippen LogP) is 3.81. The summed E-state index contributed by atoms with van der Waals surface area (Å²) in [5, 5.41) is 4.54. The van der Waals surface area contributed by atoms with E-state index in [0.29, 0.717) is 0 Å². The van der Waals surface area contributed by atoms with Gasteiger partial charge in [-0.15, -0.1) is 11.3 Å². The van der Waals surface area contributed by atoms with Gasteiger partial charge in [0.1, 0.15) is 16.5 Å². The van der Waals surface area contributed by atoms with Crippen molar-refractivity contribution in [1.29, 1.82) is 0 Å². The van der Waals surface area contributed by atoms with Gasteiger partial charge in [0.05, 0.1) is 5.39 Å². The van der Waals surface area contributed by atoms with E-state index in [9.17, 15) is 0 Å². The molecule has 19 heavy (non-hydrogen) atoms. The van der Waals surface area contributed by atoms with Crippen molar-refractivity contribution in [2.45, 2.75) is 46.5 Å². The molecule has 0 atom stereocenters. The van der Waals surface area contributed by atoms with Crippen LogP contribution in [0.25, 0.3) is 10.2 Å². The van der Waals surface area contributed by atoms with Crippen molar-refractivity contribution < 1.29 is 0 Å². The summed E-state index contributed by atoms with van der Waals surface area (Å²) in [4.78, 5) is 12.2. The lowest BCUT2D eigenvalue weighted by atomic mass is 9.92. The van der Waals surface area contributed by atoms with Gasteiger partial charge in [0, 0.05) is 18.3 Å². The lowest BCUT2D eigenvalue weighted by molar-refractivity contribution is 0.401. The summed E-state index contributed by atoms with van der Waals surface area (Å²) in [5.74, 6) is 1.98. The Morgan fingerprint density at radius 1 is 1.21 bits per heavy atom. The lowest BCUT2D eigenvalue weighted by Gasteiger charge is -2.17. The number of aryl methyl sites for hydroxylation is 2. The molecule has 0 amide bonds. The molecular weight excluding hydrogens is 254 g/mol. The number of rotatable bonds is 2. The molecule has 4 heteroatoms. The average Bonchev–Trinajstić information content (AvgIpc) is 2.85. The van der Waals surface area contributed by atoms with Crippen LogP contribution in [0.4, 0.5) is 5.82 Å². The fourth-order valence-corrected chi connectivity index (χ4v) is 4.05. The van der Waals surface area contributed by atoms with Crippen LogP contribution in [0.15, 0.2) is 0 Å². The summed E-state index contributed by atoms with van der Waals surface area (Å²) in [5.41, 5.74) is 1.71. The Bertz CT molecular complexity index is 622. The number of nitrogens with zero attached hydrogens (tertiary/aromatic N) is 2. The summed E-state index contributed by atoms with van der Waals surface area (Å²) in [7, 11) is 1.96. The van der Waals surface area contributed by atoms with E-state index in [0.717, 1.165) is 18.1 Å². The molecule has 0 unspecified atom stereocenters. The fraction of sp³-hybridized carbons (Fsp3) is 0.600. The van der Waals surface area contributed by atoms with Gasteiger partial charge in [-0.1, -0.05) is 20.8 Å². The van der Waals surface area contributed by atoms with E-state index >= 15 is 0 Å². The van der Waals surface area contributed by atoms with E-state index in [1.807, 2.05) is 18.4 Å². The van der Waals surface area contributed by atoms with Crippen LogP contribution in [0.2, 0.25) is 0 Å². The third-order valence-electron chi connectivity index (χ3n) is 3.54. The van der Waals surface area contributed by atoms with Crippen molar-refractivity contribution in [1.82, 2.24) is 9.97 Å². The van der Waals surface area contributed by atoms with Crippen LogP contribution in [0, 0.1) is 5.41 Å². The molecule has 2 heterocycles.